The molecule has 0 amide bonds. The van der Waals surface area contributed by atoms with E-state index in [0.717, 1.165) is 23.4 Å². The van der Waals surface area contributed by atoms with Crippen molar-refractivity contribution < 1.29 is 8.42 Å². The Balaban J connectivity index is 1.82. The second kappa shape index (κ2) is 5.48. The average molecular weight is 302 g/mol. The zero-order chi connectivity index (χ0) is 14.9. The number of nitrogens with zero attached hydrogens (tertiary/aromatic N) is 2. The van der Waals surface area contributed by atoms with Gasteiger partial charge in [0.2, 0.25) is 10.0 Å². The summed E-state index contributed by atoms with van der Waals surface area (Å²) in [4.78, 5) is 4.19. The van der Waals surface area contributed by atoms with Gasteiger partial charge in [0.15, 0.2) is 0 Å². The topological polar surface area (TPSA) is 50.3 Å². The highest BCUT2D eigenvalue weighted by Gasteiger charge is 2.34. The number of hydrogen-bond donors (Lipinski definition) is 0. The van der Waals surface area contributed by atoms with E-state index in [1.54, 1.807) is 10.5 Å². The predicted molar refractivity (Wildman–Crippen MR) is 83.8 cm³/mol. The zero-order valence-electron chi connectivity index (χ0n) is 11.9. The van der Waals surface area contributed by atoms with Gasteiger partial charge in [-0.1, -0.05) is 24.3 Å². The van der Waals surface area contributed by atoms with Crippen molar-refractivity contribution in [2.75, 3.05) is 10.1 Å². The van der Waals surface area contributed by atoms with Crippen molar-refractivity contribution >= 4 is 15.7 Å². The summed E-state index contributed by atoms with van der Waals surface area (Å²) in [5.74, 6) is 0.0860. The van der Waals surface area contributed by atoms with Crippen molar-refractivity contribution in [3.63, 3.8) is 0 Å². The van der Waals surface area contributed by atoms with Crippen molar-refractivity contribution in [1.29, 1.82) is 0 Å². The van der Waals surface area contributed by atoms with Gasteiger partial charge in [0.25, 0.3) is 0 Å². The van der Waals surface area contributed by atoms with Gasteiger partial charge in [-0.2, -0.15) is 0 Å². The van der Waals surface area contributed by atoms with Crippen LogP contribution in [-0.4, -0.2) is 25.2 Å². The second-order valence-electron chi connectivity index (χ2n) is 5.36. The van der Waals surface area contributed by atoms with E-state index in [1.165, 1.54) is 0 Å². The standard InChI is InChI=1S/C16H18N2O2S/c1-13-12-14-6-2-3-8-16(14)18(13)21(19,20)11-9-15-7-4-5-10-17-15/h2-8,10,13H,9,11-12H2,1H3. The Bertz CT molecular complexity index is 729. The third-order valence-corrected chi connectivity index (χ3v) is 5.66. The monoisotopic (exact) mass is 302 g/mol. The van der Waals surface area contributed by atoms with E-state index >= 15 is 0 Å². The Labute approximate surface area is 125 Å². The van der Waals surface area contributed by atoms with Crippen LogP contribution in [0.1, 0.15) is 18.2 Å². The summed E-state index contributed by atoms with van der Waals surface area (Å²) in [5.41, 5.74) is 2.73. The minimum atomic E-state index is -3.33. The maximum absolute atomic E-state index is 12.7. The van der Waals surface area contributed by atoms with E-state index in [1.807, 2.05) is 49.4 Å². The lowest BCUT2D eigenvalue weighted by molar-refractivity contribution is 0.583. The minimum absolute atomic E-state index is 0.0175. The third-order valence-electron chi connectivity index (χ3n) is 3.79. The molecule has 1 aromatic heterocycles. The lowest BCUT2D eigenvalue weighted by atomic mass is 10.1. The van der Waals surface area contributed by atoms with Crippen molar-refractivity contribution in [3.05, 3.63) is 59.9 Å². The molecule has 3 rings (SSSR count). The van der Waals surface area contributed by atoms with E-state index in [9.17, 15) is 8.42 Å². The van der Waals surface area contributed by atoms with Gasteiger partial charge < -0.3 is 0 Å². The number of hydrogen-bond acceptors (Lipinski definition) is 3. The van der Waals surface area contributed by atoms with Crippen LogP contribution in [0.3, 0.4) is 0 Å². The van der Waals surface area contributed by atoms with E-state index in [2.05, 4.69) is 4.98 Å². The molecular weight excluding hydrogens is 284 g/mol. The molecule has 2 heterocycles. The van der Waals surface area contributed by atoms with Gasteiger partial charge in [-0.05, 0) is 37.1 Å². The van der Waals surface area contributed by atoms with Gasteiger partial charge in [0.1, 0.15) is 0 Å². The third kappa shape index (κ3) is 2.78. The summed E-state index contributed by atoms with van der Waals surface area (Å²) in [6.45, 7) is 1.96. The van der Waals surface area contributed by atoms with Gasteiger partial charge in [-0.3, -0.25) is 9.29 Å². The molecule has 0 saturated heterocycles. The maximum Gasteiger partial charge on any atom is 0.235 e. The second-order valence-corrected chi connectivity index (χ2v) is 7.33. The SMILES string of the molecule is CC1Cc2ccccc2N1S(=O)(=O)CCc1ccccn1. The Morgan fingerprint density at radius 2 is 1.95 bits per heavy atom. The molecule has 1 unspecified atom stereocenters. The number of anilines is 1. The van der Waals surface area contributed by atoms with Crippen molar-refractivity contribution in [1.82, 2.24) is 4.98 Å². The lowest BCUT2D eigenvalue weighted by Crippen LogP contribution is -2.37. The van der Waals surface area contributed by atoms with E-state index < -0.39 is 10.0 Å². The van der Waals surface area contributed by atoms with Crippen LogP contribution >= 0.6 is 0 Å². The highest BCUT2D eigenvalue weighted by molar-refractivity contribution is 7.92. The Hall–Kier alpha value is -1.88. The molecule has 0 N–H and O–H groups in total. The zero-order valence-corrected chi connectivity index (χ0v) is 12.8. The van der Waals surface area contributed by atoms with Gasteiger partial charge in [0.05, 0.1) is 11.4 Å². The largest absolute Gasteiger partial charge is 0.267 e. The molecule has 110 valence electrons. The van der Waals surface area contributed by atoms with Crippen molar-refractivity contribution in [2.45, 2.75) is 25.8 Å². The van der Waals surface area contributed by atoms with Crippen LogP contribution in [0, 0.1) is 0 Å². The number of fused-ring (bicyclic) bond motifs is 1. The van der Waals surface area contributed by atoms with Gasteiger partial charge >= 0.3 is 0 Å². The molecule has 1 aliphatic heterocycles. The molecule has 0 bridgehead atoms. The Morgan fingerprint density at radius 3 is 2.71 bits per heavy atom. The molecular formula is C16H18N2O2S. The van der Waals surface area contributed by atoms with Crippen LogP contribution in [0.4, 0.5) is 5.69 Å². The normalized spacial score (nSPS) is 17.8. The summed E-state index contributed by atoms with van der Waals surface area (Å²) in [6.07, 6.45) is 2.91. The lowest BCUT2D eigenvalue weighted by Gasteiger charge is -2.24. The number of rotatable bonds is 4. The molecule has 1 atom stereocenters. The fourth-order valence-electron chi connectivity index (χ4n) is 2.84. The number of pyridine rings is 1. The van der Waals surface area contributed by atoms with E-state index in [0.29, 0.717) is 6.42 Å². The summed E-state index contributed by atoms with van der Waals surface area (Å²) < 4.78 is 26.9. The first kappa shape index (κ1) is 14.1. The molecule has 21 heavy (non-hydrogen) atoms. The van der Waals surface area contributed by atoms with Crippen molar-refractivity contribution in [2.24, 2.45) is 0 Å². The minimum Gasteiger partial charge on any atom is -0.267 e. The fraction of sp³-hybridized carbons (Fsp3) is 0.312. The summed E-state index contributed by atoms with van der Waals surface area (Å²) >= 11 is 0. The number of aromatic nitrogens is 1. The number of sulfonamides is 1. The number of para-hydroxylation sites is 1. The van der Waals surface area contributed by atoms with Crippen LogP contribution < -0.4 is 4.31 Å². The van der Waals surface area contributed by atoms with Crippen LogP contribution in [0.15, 0.2) is 48.7 Å². The Kier molecular flexibility index (Phi) is 3.68. The average Bonchev–Trinajstić information content (AvgIpc) is 2.83. The first-order valence-electron chi connectivity index (χ1n) is 7.08. The highest BCUT2D eigenvalue weighted by atomic mass is 32.2. The molecule has 0 aliphatic carbocycles. The Morgan fingerprint density at radius 1 is 1.19 bits per heavy atom. The summed E-state index contributed by atoms with van der Waals surface area (Å²) in [7, 11) is -3.33. The van der Waals surface area contributed by atoms with Crippen LogP contribution in [0.2, 0.25) is 0 Å². The van der Waals surface area contributed by atoms with Crippen LogP contribution in [0.5, 0.6) is 0 Å². The predicted octanol–water partition coefficient (Wildman–Crippen LogP) is 2.41. The maximum atomic E-state index is 12.7. The summed E-state index contributed by atoms with van der Waals surface area (Å²) in [6, 6.07) is 13.3. The molecule has 0 spiro atoms. The highest BCUT2D eigenvalue weighted by Crippen LogP contribution is 2.34. The first-order valence-corrected chi connectivity index (χ1v) is 8.69. The quantitative estimate of drug-likeness (QED) is 0.871. The fourth-order valence-corrected chi connectivity index (χ4v) is 4.60. The number of benzene rings is 1. The molecule has 2 aromatic rings. The van der Waals surface area contributed by atoms with E-state index in [4.69, 9.17) is 0 Å². The van der Waals surface area contributed by atoms with Crippen molar-refractivity contribution in [3.8, 4) is 0 Å². The molecule has 1 aromatic carbocycles. The van der Waals surface area contributed by atoms with E-state index in [-0.39, 0.29) is 11.8 Å². The van der Waals surface area contributed by atoms with Gasteiger partial charge in [-0.25, -0.2) is 8.42 Å². The van der Waals surface area contributed by atoms with Gasteiger partial charge in [0, 0.05) is 24.4 Å². The van der Waals surface area contributed by atoms with Crippen LogP contribution in [-0.2, 0) is 22.9 Å². The molecule has 5 heteroatoms. The molecule has 0 saturated carbocycles. The van der Waals surface area contributed by atoms with Crippen LogP contribution in [0.25, 0.3) is 0 Å². The first-order chi connectivity index (χ1) is 10.1. The summed E-state index contributed by atoms with van der Waals surface area (Å²) in [5, 5.41) is 0. The molecule has 1 aliphatic rings. The smallest absolute Gasteiger partial charge is 0.235 e. The number of aryl methyl sites for hydroxylation is 1. The molecule has 0 fully saturated rings. The molecule has 4 nitrogen and oxygen atoms in total. The molecule has 0 radical (unpaired) electrons. The van der Waals surface area contributed by atoms with Gasteiger partial charge in [-0.15, -0.1) is 0 Å².